The summed E-state index contributed by atoms with van der Waals surface area (Å²) in [7, 11) is 2.22. The van der Waals surface area contributed by atoms with Gasteiger partial charge in [-0.05, 0) is 57.0 Å². The normalized spacial score (nSPS) is 23.9. The Hall–Kier alpha value is -0.940. The van der Waals surface area contributed by atoms with Crippen molar-refractivity contribution in [3.05, 3.63) is 34.4 Å². The topological polar surface area (TPSA) is 35.7 Å². The number of hydrogen-bond acceptors (Lipinski definition) is 4. The molecular formula is C21H36N4. The van der Waals surface area contributed by atoms with Crippen molar-refractivity contribution in [3.8, 4) is 0 Å². The first kappa shape index (κ1) is 18.8. The van der Waals surface area contributed by atoms with Crippen LogP contribution in [0.25, 0.3) is 0 Å². The van der Waals surface area contributed by atoms with E-state index in [2.05, 4.69) is 47.7 Å². The van der Waals surface area contributed by atoms with Crippen LogP contribution in [-0.2, 0) is 13.1 Å². The fourth-order valence-corrected chi connectivity index (χ4v) is 4.34. The Kier molecular flexibility index (Phi) is 6.50. The van der Waals surface area contributed by atoms with Crippen LogP contribution in [0.15, 0.2) is 12.1 Å². The summed E-state index contributed by atoms with van der Waals surface area (Å²) in [6, 6.07) is 5.36. The van der Waals surface area contributed by atoms with Gasteiger partial charge in [-0.3, -0.25) is 9.80 Å². The first-order valence-corrected chi connectivity index (χ1v) is 10.0. The smallest absolute Gasteiger partial charge is 0.0240 e. The molecule has 4 heteroatoms. The number of rotatable bonds is 5. The lowest BCUT2D eigenvalue weighted by molar-refractivity contribution is 0.143. The maximum atomic E-state index is 6.03. The van der Waals surface area contributed by atoms with Crippen molar-refractivity contribution in [1.82, 2.24) is 14.7 Å². The summed E-state index contributed by atoms with van der Waals surface area (Å²) < 4.78 is 0. The maximum absolute atomic E-state index is 6.03. The standard InChI is InChI=1S/C21H36N4/c1-17-12-19(15-24-10-8-23(3)9-11-24)18(2)20(13-17)16-25-7-5-4-6-21(25)14-22/h12-13,21H,4-11,14-16,22H2,1-3H3/t21-/m1/s1. The Labute approximate surface area is 154 Å². The summed E-state index contributed by atoms with van der Waals surface area (Å²) in [4.78, 5) is 7.65. The van der Waals surface area contributed by atoms with E-state index in [1.165, 1.54) is 74.2 Å². The number of piperazine rings is 1. The third-order valence-corrected chi connectivity index (χ3v) is 6.15. The third kappa shape index (κ3) is 4.82. The Balaban J connectivity index is 1.72. The minimum atomic E-state index is 0.565. The second-order valence-electron chi connectivity index (χ2n) is 8.14. The lowest BCUT2D eigenvalue weighted by Gasteiger charge is -2.36. The van der Waals surface area contributed by atoms with E-state index in [0.29, 0.717) is 6.04 Å². The van der Waals surface area contributed by atoms with Gasteiger partial charge in [-0.15, -0.1) is 0 Å². The van der Waals surface area contributed by atoms with Crippen molar-refractivity contribution in [2.24, 2.45) is 5.73 Å². The number of likely N-dealkylation sites (tertiary alicyclic amines) is 1. The van der Waals surface area contributed by atoms with E-state index in [1.54, 1.807) is 0 Å². The van der Waals surface area contributed by atoms with Crippen LogP contribution in [0.3, 0.4) is 0 Å². The molecule has 2 heterocycles. The fraction of sp³-hybridized carbons (Fsp3) is 0.714. The summed E-state index contributed by atoms with van der Waals surface area (Å²) in [5.41, 5.74) is 11.9. The average Bonchev–Trinajstić information content (AvgIpc) is 2.61. The molecule has 2 aliphatic heterocycles. The molecule has 0 unspecified atom stereocenters. The maximum Gasteiger partial charge on any atom is 0.0240 e. The summed E-state index contributed by atoms with van der Waals surface area (Å²) in [5.74, 6) is 0. The van der Waals surface area contributed by atoms with Gasteiger partial charge >= 0.3 is 0 Å². The van der Waals surface area contributed by atoms with E-state index in [0.717, 1.165) is 19.6 Å². The van der Waals surface area contributed by atoms with Gasteiger partial charge in [0.2, 0.25) is 0 Å². The van der Waals surface area contributed by atoms with Crippen molar-refractivity contribution in [1.29, 1.82) is 0 Å². The number of likely N-dealkylation sites (N-methyl/N-ethyl adjacent to an activating group) is 1. The monoisotopic (exact) mass is 344 g/mol. The van der Waals surface area contributed by atoms with Gasteiger partial charge in [-0.2, -0.15) is 0 Å². The molecule has 0 saturated carbocycles. The van der Waals surface area contributed by atoms with Gasteiger partial charge in [0.15, 0.2) is 0 Å². The molecule has 1 aromatic carbocycles. The van der Waals surface area contributed by atoms with Gasteiger partial charge in [-0.25, -0.2) is 0 Å². The highest BCUT2D eigenvalue weighted by molar-refractivity contribution is 5.38. The van der Waals surface area contributed by atoms with Crippen LogP contribution in [-0.4, -0.2) is 67.1 Å². The van der Waals surface area contributed by atoms with Gasteiger partial charge in [0.1, 0.15) is 0 Å². The Morgan fingerprint density at radius 2 is 1.64 bits per heavy atom. The number of benzene rings is 1. The largest absolute Gasteiger partial charge is 0.329 e. The summed E-state index contributed by atoms with van der Waals surface area (Å²) >= 11 is 0. The highest BCUT2D eigenvalue weighted by atomic mass is 15.2. The van der Waals surface area contributed by atoms with E-state index >= 15 is 0 Å². The zero-order valence-electron chi connectivity index (χ0n) is 16.4. The van der Waals surface area contributed by atoms with Gasteiger partial charge in [-0.1, -0.05) is 24.1 Å². The molecule has 2 N–H and O–H groups in total. The number of hydrogen-bond donors (Lipinski definition) is 1. The highest BCUT2D eigenvalue weighted by Crippen LogP contribution is 2.24. The van der Waals surface area contributed by atoms with Crippen LogP contribution in [0.1, 0.15) is 41.5 Å². The van der Waals surface area contributed by atoms with Crippen LogP contribution in [0.2, 0.25) is 0 Å². The highest BCUT2D eigenvalue weighted by Gasteiger charge is 2.22. The molecule has 0 aromatic heterocycles. The predicted octanol–water partition coefficient (Wildman–Crippen LogP) is 2.36. The van der Waals surface area contributed by atoms with Gasteiger partial charge < -0.3 is 10.6 Å². The van der Waals surface area contributed by atoms with E-state index < -0.39 is 0 Å². The summed E-state index contributed by atoms with van der Waals surface area (Å²) in [5, 5.41) is 0. The molecule has 0 aliphatic carbocycles. The minimum Gasteiger partial charge on any atom is -0.329 e. The zero-order chi connectivity index (χ0) is 17.8. The Morgan fingerprint density at radius 1 is 0.960 bits per heavy atom. The third-order valence-electron chi connectivity index (χ3n) is 6.15. The molecule has 3 rings (SSSR count). The number of nitrogens with zero attached hydrogens (tertiary/aromatic N) is 3. The number of aryl methyl sites for hydroxylation is 1. The molecular weight excluding hydrogens is 308 g/mol. The van der Waals surface area contributed by atoms with Crippen molar-refractivity contribution < 1.29 is 0 Å². The van der Waals surface area contributed by atoms with E-state index in [1.807, 2.05) is 0 Å². The van der Waals surface area contributed by atoms with E-state index in [-0.39, 0.29) is 0 Å². The quantitative estimate of drug-likeness (QED) is 0.889. The van der Waals surface area contributed by atoms with Crippen LogP contribution in [0, 0.1) is 13.8 Å². The molecule has 1 aromatic rings. The molecule has 0 amide bonds. The van der Waals surface area contributed by atoms with Gasteiger partial charge in [0.05, 0.1) is 0 Å². The molecule has 140 valence electrons. The van der Waals surface area contributed by atoms with Gasteiger partial charge in [0.25, 0.3) is 0 Å². The molecule has 4 nitrogen and oxygen atoms in total. The van der Waals surface area contributed by atoms with E-state index in [9.17, 15) is 0 Å². The molecule has 0 spiro atoms. The van der Waals surface area contributed by atoms with Crippen LogP contribution in [0.5, 0.6) is 0 Å². The van der Waals surface area contributed by atoms with Crippen molar-refractivity contribution in [2.75, 3.05) is 46.3 Å². The lowest BCUT2D eigenvalue weighted by atomic mass is 9.96. The molecule has 1 atom stereocenters. The van der Waals surface area contributed by atoms with Crippen LogP contribution < -0.4 is 5.73 Å². The van der Waals surface area contributed by atoms with Crippen molar-refractivity contribution in [3.63, 3.8) is 0 Å². The zero-order valence-corrected chi connectivity index (χ0v) is 16.4. The summed E-state index contributed by atoms with van der Waals surface area (Å²) in [6.45, 7) is 13.4. The SMILES string of the molecule is Cc1cc(CN2CCN(C)CC2)c(C)c(CN2CCCC[C@@H]2CN)c1. The lowest BCUT2D eigenvalue weighted by Crippen LogP contribution is -2.44. The molecule has 0 radical (unpaired) electrons. The fourth-order valence-electron chi connectivity index (χ4n) is 4.34. The number of piperidine rings is 1. The van der Waals surface area contributed by atoms with Crippen LogP contribution >= 0.6 is 0 Å². The average molecular weight is 345 g/mol. The predicted molar refractivity (Wildman–Crippen MR) is 106 cm³/mol. The van der Waals surface area contributed by atoms with E-state index in [4.69, 9.17) is 5.73 Å². The second kappa shape index (κ2) is 8.63. The Bertz CT molecular complexity index is 563. The first-order valence-electron chi connectivity index (χ1n) is 10.0. The molecule has 0 bridgehead atoms. The molecule has 2 fully saturated rings. The second-order valence-corrected chi connectivity index (χ2v) is 8.14. The van der Waals surface area contributed by atoms with Gasteiger partial charge in [0, 0.05) is 51.9 Å². The Morgan fingerprint density at radius 3 is 2.32 bits per heavy atom. The van der Waals surface area contributed by atoms with Crippen molar-refractivity contribution in [2.45, 2.75) is 52.2 Å². The molecule has 25 heavy (non-hydrogen) atoms. The number of nitrogens with two attached hydrogens (primary N) is 1. The summed E-state index contributed by atoms with van der Waals surface area (Å²) in [6.07, 6.45) is 3.91. The molecule has 2 aliphatic rings. The minimum absolute atomic E-state index is 0.565. The van der Waals surface area contributed by atoms with Crippen LogP contribution in [0.4, 0.5) is 0 Å². The first-order chi connectivity index (χ1) is 12.1. The molecule has 2 saturated heterocycles. The van der Waals surface area contributed by atoms with Crippen molar-refractivity contribution >= 4 is 0 Å².